The van der Waals surface area contributed by atoms with E-state index in [2.05, 4.69) is 4.98 Å². The molecule has 2 aromatic rings. The molecule has 1 aromatic carbocycles. The quantitative estimate of drug-likeness (QED) is 0.630. The summed E-state index contributed by atoms with van der Waals surface area (Å²) < 4.78 is 9.95. The van der Waals surface area contributed by atoms with Crippen molar-refractivity contribution in [1.29, 1.82) is 0 Å². The van der Waals surface area contributed by atoms with Crippen LogP contribution in [0.25, 0.3) is 11.1 Å². The molecule has 0 atom stereocenters. The summed E-state index contributed by atoms with van der Waals surface area (Å²) in [5.74, 6) is 0.248. The van der Waals surface area contributed by atoms with Crippen molar-refractivity contribution in [2.24, 2.45) is 0 Å². The van der Waals surface area contributed by atoms with E-state index in [0.29, 0.717) is 0 Å². The maximum atomic E-state index is 10.8. The fourth-order valence-electron chi connectivity index (χ4n) is 1.42. The van der Waals surface area contributed by atoms with E-state index in [9.17, 15) is 14.9 Å². The largest absolute Gasteiger partial charge is 0.494 e. The van der Waals surface area contributed by atoms with E-state index in [1.54, 1.807) is 0 Å². The molecule has 1 amide bonds. The summed E-state index contributed by atoms with van der Waals surface area (Å²) in [4.78, 5) is 24.4. The van der Waals surface area contributed by atoms with Crippen molar-refractivity contribution in [1.82, 2.24) is 4.98 Å². The lowest BCUT2D eigenvalue weighted by molar-refractivity contribution is -0.383. The fourth-order valence-corrected chi connectivity index (χ4v) is 1.42. The topological polar surface area (TPSA) is 128 Å². The number of non-ortho nitro benzene ring substituents is 1. The molecule has 2 N–H and O–H groups in total. The molecule has 0 spiro atoms. The first-order chi connectivity index (χ1) is 8.52. The number of ether oxygens (including phenoxy) is 1. The molecular formula is C9H7N3O6. The van der Waals surface area contributed by atoms with Gasteiger partial charge in [0.1, 0.15) is 5.75 Å². The monoisotopic (exact) mass is 253 g/mol. The van der Waals surface area contributed by atoms with Crippen LogP contribution < -0.4 is 10.1 Å². The van der Waals surface area contributed by atoms with Gasteiger partial charge < -0.3 is 14.3 Å². The van der Waals surface area contributed by atoms with Crippen LogP contribution in [-0.2, 0) is 0 Å². The van der Waals surface area contributed by atoms with Crippen molar-refractivity contribution in [3.05, 3.63) is 22.2 Å². The summed E-state index contributed by atoms with van der Waals surface area (Å²) in [5.41, 5.74) is -0.393. The van der Waals surface area contributed by atoms with E-state index < -0.39 is 11.0 Å². The van der Waals surface area contributed by atoms with Crippen molar-refractivity contribution < 1.29 is 24.0 Å². The number of methoxy groups -OCH3 is 1. The first-order valence-corrected chi connectivity index (χ1v) is 4.65. The Balaban J connectivity index is 2.66. The van der Waals surface area contributed by atoms with Gasteiger partial charge in [0.05, 0.1) is 12.0 Å². The molecule has 18 heavy (non-hydrogen) atoms. The van der Waals surface area contributed by atoms with E-state index in [1.807, 2.05) is 5.32 Å². The Morgan fingerprint density at radius 2 is 2.33 bits per heavy atom. The van der Waals surface area contributed by atoms with Gasteiger partial charge in [-0.3, -0.25) is 10.1 Å². The maximum absolute atomic E-state index is 10.8. The van der Waals surface area contributed by atoms with Gasteiger partial charge in [-0.2, -0.15) is 4.98 Å². The lowest BCUT2D eigenvalue weighted by Crippen LogP contribution is -2.06. The summed E-state index contributed by atoms with van der Waals surface area (Å²) in [6.45, 7) is 0. The number of nitro groups is 1. The van der Waals surface area contributed by atoms with Crippen molar-refractivity contribution >= 4 is 28.9 Å². The van der Waals surface area contributed by atoms with Crippen LogP contribution in [0.4, 0.5) is 16.5 Å². The lowest BCUT2D eigenvalue weighted by Gasteiger charge is -1.98. The zero-order valence-electron chi connectivity index (χ0n) is 9.04. The number of anilines is 1. The maximum Gasteiger partial charge on any atom is 0.412 e. The summed E-state index contributed by atoms with van der Waals surface area (Å²) in [7, 11) is 1.36. The van der Waals surface area contributed by atoms with Crippen LogP contribution in [0.1, 0.15) is 0 Å². The minimum absolute atomic E-state index is 0.0791. The van der Waals surface area contributed by atoms with Crippen molar-refractivity contribution in [2.45, 2.75) is 0 Å². The highest BCUT2D eigenvalue weighted by Gasteiger charge is 2.22. The number of amides is 1. The number of nitro benzene ring substituents is 1. The Bertz CT molecular complexity index is 635. The molecular weight excluding hydrogens is 246 g/mol. The van der Waals surface area contributed by atoms with Crippen LogP contribution in [0, 0.1) is 10.1 Å². The van der Waals surface area contributed by atoms with Gasteiger partial charge in [-0.15, -0.1) is 0 Å². The van der Waals surface area contributed by atoms with E-state index in [4.69, 9.17) is 14.3 Å². The lowest BCUT2D eigenvalue weighted by atomic mass is 10.2. The number of aromatic nitrogens is 1. The van der Waals surface area contributed by atoms with Gasteiger partial charge in [0.15, 0.2) is 5.52 Å². The number of carbonyl (C=O) groups is 1. The standard InChI is InChI=1S/C9H7N3O6/c1-17-5-3-2-4(12(15)16)7-6(5)10-8(18-7)11-9(13)14/h2-3H,1H3,(H,10,11)(H,13,14). The van der Waals surface area contributed by atoms with Crippen LogP contribution in [0.15, 0.2) is 16.5 Å². The second kappa shape index (κ2) is 4.20. The summed E-state index contributed by atoms with van der Waals surface area (Å²) in [6, 6.07) is 2.19. The second-order valence-corrected chi connectivity index (χ2v) is 3.17. The zero-order valence-corrected chi connectivity index (χ0v) is 9.04. The van der Waals surface area contributed by atoms with E-state index in [1.165, 1.54) is 19.2 Å². The van der Waals surface area contributed by atoms with Crippen LogP contribution in [0.2, 0.25) is 0 Å². The number of hydrogen-bond donors (Lipinski definition) is 2. The Labute approximate surface area is 99.1 Å². The van der Waals surface area contributed by atoms with Crippen LogP contribution >= 0.6 is 0 Å². The van der Waals surface area contributed by atoms with Crippen molar-refractivity contribution in [3.8, 4) is 5.75 Å². The molecule has 9 heteroatoms. The molecule has 0 aliphatic heterocycles. The number of nitrogens with one attached hydrogen (secondary N) is 1. The predicted octanol–water partition coefficient (Wildman–Crippen LogP) is 1.83. The number of benzene rings is 1. The molecule has 94 valence electrons. The molecule has 0 saturated carbocycles. The number of oxazole rings is 1. The van der Waals surface area contributed by atoms with E-state index >= 15 is 0 Å². The second-order valence-electron chi connectivity index (χ2n) is 3.17. The van der Waals surface area contributed by atoms with E-state index in [-0.39, 0.29) is 28.6 Å². The number of nitrogens with zero attached hydrogens (tertiary/aromatic N) is 2. The third-order valence-electron chi connectivity index (χ3n) is 2.12. The van der Waals surface area contributed by atoms with Crippen LogP contribution in [0.5, 0.6) is 5.75 Å². The van der Waals surface area contributed by atoms with Crippen LogP contribution in [0.3, 0.4) is 0 Å². The molecule has 0 aliphatic carbocycles. The summed E-state index contributed by atoms with van der Waals surface area (Å²) >= 11 is 0. The van der Waals surface area contributed by atoms with Gasteiger partial charge in [0.25, 0.3) is 0 Å². The molecule has 0 bridgehead atoms. The average molecular weight is 253 g/mol. The normalized spacial score (nSPS) is 10.3. The van der Waals surface area contributed by atoms with Gasteiger partial charge in [-0.1, -0.05) is 0 Å². The highest BCUT2D eigenvalue weighted by molar-refractivity contribution is 5.90. The van der Waals surface area contributed by atoms with Crippen molar-refractivity contribution in [3.63, 3.8) is 0 Å². The number of rotatable bonds is 3. The van der Waals surface area contributed by atoms with Gasteiger partial charge in [0.2, 0.25) is 5.58 Å². The molecule has 0 aliphatic rings. The first-order valence-electron chi connectivity index (χ1n) is 4.65. The smallest absolute Gasteiger partial charge is 0.412 e. The number of hydrogen-bond acceptors (Lipinski definition) is 6. The zero-order chi connectivity index (χ0) is 13.3. The Hall–Kier alpha value is -2.84. The van der Waals surface area contributed by atoms with Crippen molar-refractivity contribution in [2.75, 3.05) is 12.4 Å². The molecule has 0 fully saturated rings. The third kappa shape index (κ3) is 1.88. The Morgan fingerprint density at radius 1 is 1.61 bits per heavy atom. The number of fused-ring (bicyclic) bond motifs is 1. The molecule has 0 saturated heterocycles. The van der Waals surface area contributed by atoms with Gasteiger partial charge >= 0.3 is 17.8 Å². The number of carboxylic acid groups (broad SMARTS) is 1. The molecule has 0 unspecified atom stereocenters. The molecule has 1 aromatic heterocycles. The highest BCUT2D eigenvalue weighted by atomic mass is 16.6. The first kappa shape index (κ1) is 11.6. The SMILES string of the molecule is COc1ccc([N+](=O)[O-])c2oc(NC(=O)O)nc12. The van der Waals surface area contributed by atoms with E-state index in [0.717, 1.165) is 0 Å². The minimum atomic E-state index is -1.39. The fraction of sp³-hybridized carbons (Fsp3) is 0.111. The highest BCUT2D eigenvalue weighted by Crippen LogP contribution is 2.34. The minimum Gasteiger partial charge on any atom is -0.494 e. The van der Waals surface area contributed by atoms with Gasteiger partial charge in [-0.25, -0.2) is 10.1 Å². The summed E-state index contributed by atoms with van der Waals surface area (Å²) in [5, 5.41) is 21.2. The Kier molecular flexibility index (Phi) is 2.72. The van der Waals surface area contributed by atoms with Gasteiger partial charge in [-0.05, 0) is 6.07 Å². The van der Waals surface area contributed by atoms with Gasteiger partial charge in [0, 0.05) is 6.07 Å². The molecule has 0 radical (unpaired) electrons. The van der Waals surface area contributed by atoms with Crippen LogP contribution in [-0.4, -0.2) is 28.2 Å². The average Bonchev–Trinajstić information content (AvgIpc) is 2.69. The predicted molar refractivity (Wildman–Crippen MR) is 58.9 cm³/mol. The molecule has 1 heterocycles. The third-order valence-corrected chi connectivity index (χ3v) is 2.12. The molecule has 2 rings (SSSR count). The Morgan fingerprint density at radius 3 is 2.89 bits per heavy atom. The molecule has 9 nitrogen and oxygen atoms in total. The summed E-state index contributed by atoms with van der Waals surface area (Å²) in [6.07, 6.45) is -1.39.